The zero-order valence-electron chi connectivity index (χ0n) is 38.6. The Morgan fingerprint density at radius 1 is 0.397 bits per heavy atom. The maximum atomic E-state index is 12.7. The summed E-state index contributed by atoms with van der Waals surface area (Å²) in [4.78, 5) is 25.2. The van der Waals surface area contributed by atoms with Crippen molar-refractivity contribution in [1.82, 2.24) is 0 Å². The molecule has 0 radical (unpaired) electrons. The van der Waals surface area contributed by atoms with E-state index in [0.717, 1.165) is 57.8 Å². The fraction of sp³-hybridized carbons (Fsp3) is 0.774. The van der Waals surface area contributed by atoms with E-state index in [-0.39, 0.29) is 31.6 Å². The van der Waals surface area contributed by atoms with Crippen molar-refractivity contribution in [2.45, 2.75) is 245 Å². The van der Waals surface area contributed by atoms with Crippen molar-refractivity contribution < 1.29 is 23.8 Å². The highest BCUT2D eigenvalue weighted by atomic mass is 16.6. The summed E-state index contributed by atoms with van der Waals surface area (Å²) in [6, 6.07) is 0. The molecule has 0 aliphatic rings. The van der Waals surface area contributed by atoms with E-state index in [9.17, 15) is 9.59 Å². The van der Waals surface area contributed by atoms with E-state index in [1.165, 1.54) is 148 Å². The molecule has 0 aliphatic carbocycles. The Bertz CT molecular complexity index is 1010. The van der Waals surface area contributed by atoms with E-state index >= 15 is 0 Å². The van der Waals surface area contributed by atoms with Gasteiger partial charge in [0.25, 0.3) is 0 Å². The van der Waals surface area contributed by atoms with E-state index in [1.54, 1.807) is 0 Å². The fourth-order valence-electron chi connectivity index (χ4n) is 6.94. The smallest absolute Gasteiger partial charge is 0.310 e. The van der Waals surface area contributed by atoms with Crippen molar-refractivity contribution in [2.75, 3.05) is 19.8 Å². The highest BCUT2D eigenvalue weighted by Gasteiger charge is 2.17. The van der Waals surface area contributed by atoms with Gasteiger partial charge in [-0.15, -0.1) is 0 Å². The molecule has 1 unspecified atom stereocenters. The molecular weight excluding hydrogens is 717 g/mol. The van der Waals surface area contributed by atoms with Crippen LogP contribution in [0, 0.1) is 0 Å². The summed E-state index contributed by atoms with van der Waals surface area (Å²) in [7, 11) is 0. The molecule has 0 aliphatic heterocycles. The summed E-state index contributed by atoms with van der Waals surface area (Å²) in [5, 5.41) is 0. The second-order valence-corrected chi connectivity index (χ2v) is 16.4. The van der Waals surface area contributed by atoms with Crippen LogP contribution in [-0.4, -0.2) is 37.9 Å². The lowest BCUT2D eigenvalue weighted by atomic mass is 10.0. The Labute approximate surface area is 360 Å². The monoisotopic (exact) mass is 811 g/mol. The maximum absolute atomic E-state index is 12.7. The minimum Gasteiger partial charge on any atom is -0.462 e. The van der Waals surface area contributed by atoms with Gasteiger partial charge in [0.05, 0.1) is 13.0 Å². The molecule has 0 fully saturated rings. The molecule has 336 valence electrons. The van der Waals surface area contributed by atoms with Gasteiger partial charge in [-0.1, -0.05) is 242 Å². The van der Waals surface area contributed by atoms with Crippen molar-refractivity contribution in [3.8, 4) is 0 Å². The molecule has 0 bridgehead atoms. The molecule has 5 nitrogen and oxygen atoms in total. The third-order valence-corrected chi connectivity index (χ3v) is 10.6. The summed E-state index contributed by atoms with van der Waals surface area (Å²) in [6.45, 7) is 7.61. The number of carbonyl (C=O) groups is 2. The first-order chi connectivity index (χ1) is 28.6. The summed E-state index contributed by atoms with van der Waals surface area (Å²) in [6.07, 6.45) is 61.2. The van der Waals surface area contributed by atoms with Gasteiger partial charge in [0.2, 0.25) is 0 Å². The number of rotatable bonds is 45. The predicted octanol–water partition coefficient (Wildman–Crippen LogP) is 16.6. The van der Waals surface area contributed by atoms with Gasteiger partial charge in [0.1, 0.15) is 6.61 Å². The number of esters is 2. The summed E-state index contributed by atoms with van der Waals surface area (Å²) in [5.41, 5.74) is 0. The van der Waals surface area contributed by atoms with Gasteiger partial charge < -0.3 is 14.2 Å². The van der Waals surface area contributed by atoms with E-state index < -0.39 is 6.10 Å². The molecule has 0 aromatic rings. The highest BCUT2D eigenvalue weighted by Crippen LogP contribution is 2.15. The lowest BCUT2D eigenvalue weighted by molar-refractivity contribution is -0.162. The third-order valence-electron chi connectivity index (χ3n) is 10.6. The van der Waals surface area contributed by atoms with Crippen molar-refractivity contribution in [3.05, 3.63) is 60.8 Å². The fourth-order valence-corrected chi connectivity index (χ4v) is 6.94. The highest BCUT2D eigenvalue weighted by molar-refractivity contribution is 5.71. The van der Waals surface area contributed by atoms with Crippen LogP contribution < -0.4 is 0 Å². The summed E-state index contributed by atoms with van der Waals surface area (Å²) < 4.78 is 17.2. The lowest BCUT2D eigenvalue weighted by Crippen LogP contribution is -2.29. The van der Waals surface area contributed by atoms with Crippen LogP contribution in [0.4, 0.5) is 0 Å². The quantitative estimate of drug-likeness (QED) is 0.0348. The second-order valence-electron chi connectivity index (χ2n) is 16.4. The van der Waals surface area contributed by atoms with Crippen LogP contribution in [0.1, 0.15) is 239 Å². The average molecular weight is 811 g/mol. The molecule has 58 heavy (non-hydrogen) atoms. The van der Waals surface area contributed by atoms with Gasteiger partial charge in [-0.25, -0.2) is 0 Å². The average Bonchev–Trinajstić information content (AvgIpc) is 3.22. The Morgan fingerprint density at radius 2 is 0.759 bits per heavy atom. The van der Waals surface area contributed by atoms with E-state index in [0.29, 0.717) is 13.0 Å². The zero-order valence-corrected chi connectivity index (χ0v) is 38.6. The van der Waals surface area contributed by atoms with Crippen LogP contribution in [0.15, 0.2) is 60.8 Å². The molecule has 0 rings (SSSR count). The maximum Gasteiger partial charge on any atom is 0.310 e. The van der Waals surface area contributed by atoms with Gasteiger partial charge in [-0.2, -0.15) is 0 Å². The molecule has 5 heteroatoms. The molecule has 0 saturated heterocycles. The SMILES string of the molecule is CC/C=C\C/C=C\C/C=C\C/C=C\C/C=C\CC(=O)OC(COCCCCCCCCCC)COC(=O)CCCCCCCCCCCCCCCCCCCCC. The molecule has 1 atom stereocenters. The standard InChI is InChI=1S/C53H94O5/c1-4-7-10-13-16-19-21-23-25-26-27-28-30-31-33-35-37-40-43-46-52(54)57-50-51(49-56-48-45-42-39-18-15-12-9-6-3)58-53(55)47-44-41-38-36-34-32-29-24-22-20-17-14-11-8-5-2/h8,11,17,20,24,29,34,36,41,44,51H,4-7,9-10,12-16,18-19,21-23,25-28,30-33,35,37-40,42-43,45-50H2,1-3H3/b11-8-,20-17-,29-24-,36-34-,44-41-. The first kappa shape index (κ1) is 55.6. The summed E-state index contributed by atoms with van der Waals surface area (Å²) in [5.74, 6) is -0.536. The Hall–Kier alpha value is -2.40. The molecule has 0 aromatic carbocycles. The first-order valence-electron chi connectivity index (χ1n) is 24.8. The largest absolute Gasteiger partial charge is 0.462 e. The second kappa shape index (κ2) is 49.0. The zero-order chi connectivity index (χ0) is 42.1. The molecular formula is C53H94O5. The molecule has 0 spiro atoms. The van der Waals surface area contributed by atoms with Gasteiger partial charge in [0, 0.05) is 13.0 Å². The molecule has 0 heterocycles. The van der Waals surface area contributed by atoms with Crippen LogP contribution in [0.2, 0.25) is 0 Å². The van der Waals surface area contributed by atoms with Crippen molar-refractivity contribution in [2.24, 2.45) is 0 Å². The third kappa shape index (κ3) is 46.3. The first-order valence-corrected chi connectivity index (χ1v) is 24.8. The van der Waals surface area contributed by atoms with E-state index in [1.807, 2.05) is 12.2 Å². The van der Waals surface area contributed by atoms with Crippen LogP contribution in [0.3, 0.4) is 0 Å². The lowest BCUT2D eigenvalue weighted by Gasteiger charge is -2.18. The molecule has 0 saturated carbocycles. The van der Waals surface area contributed by atoms with Gasteiger partial charge in [-0.05, 0) is 44.9 Å². The van der Waals surface area contributed by atoms with Crippen LogP contribution in [0.25, 0.3) is 0 Å². The van der Waals surface area contributed by atoms with E-state index in [4.69, 9.17) is 14.2 Å². The van der Waals surface area contributed by atoms with Gasteiger partial charge in [0.15, 0.2) is 6.10 Å². The Kier molecular flexibility index (Phi) is 46.9. The molecule has 0 amide bonds. The number of hydrogen-bond donors (Lipinski definition) is 0. The Balaban J connectivity index is 4.22. The molecule has 0 aromatic heterocycles. The van der Waals surface area contributed by atoms with E-state index in [2.05, 4.69) is 69.4 Å². The number of unbranched alkanes of at least 4 members (excludes halogenated alkanes) is 25. The van der Waals surface area contributed by atoms with Crippen LogP contribution in [-0.2, 0) is 23.8 Å². The molecule has 0 N–H and O–H groups in total. The number of ether oxygens (including phenoxy) is 3. The Morgan fingerprint density at radius 3 is 1.17 bits per heavy atom. The van der Waals surface area contributed by atoms with Crippen molar-refractivity contribution in [1.29, 1.82) is 0 Å². The number of hydrogen-bond acceptors (Lipinski definition) is 5. The number of carbonyl (C=O) groups excluding carboxylic acids is 2. The van der Waals surface area contributed by atoms with Crippen molar-refractivity contribution >= 4 is 11.9 Å². The van der Waals surface area contributed by atoms with Crippen LogP contribution >= 0.6 is 0 Å². The topological polar surface area (TPSA) is 61.8 Å². The van der Waals surface area contributed by atoms with Gasteiger partial charge in [-0.3, -0.25) is 9.59 Å². The predicted molar refractivity (Wildman–Crippen MR) is 251 cm³/mol. The van der Waals surface area contributed by atoms with Crippen molar-refractivity contribution in [3.63, 3.8) is 0 Å². The summed E-state index contributed by atoms with van der Waals surface area (Å²) >= 11 is 0. The minimum atomic E-state index is -0.585. The minimum absolute atomic E-state index is 0.0484. The van der Waals surface area contributed by atoms with Crippen LogP contribution in [0.5, 0.6) is 0 Å². The number of allylic oxidation sites excluding steroid dienone is 9. The normalized spacial score (nSPS) is 12.7. The van der Waals surface area contributed by atoms with Gasteiger partial charge >= 0.3 is 11.9 Å².